The summed E-state index contributed by atoms with van der Waals surface area (Å²) in [6, 6.07) is 2.56. The van der Waals surface area contributed by atoms with Crippen molar-refractivity contribution in [1.82, 2.24) is 4.90 Å². The summed E-state index contributed by atoms with van der Waals surface area (Å²) in [7, 11) is 0. The van der Waals surface area contributed by atoms with Crippen LogP contribution in [0.25, 0.3) is 0 Å². The van der Waals surface area contributed by atoms with Gasteiger partial charge in [-0.2, -0.15) is 5.26 Å². The normalized spacial score (nSPS) is 18.7. The lowest BCUT2D eigenvalue weighted by Gasteiger charge is -2.40. The third kappa shape index (κ3) is 2.93. The highest BCUT2D eigenvalue weighted by Crippen LogP contribution is 2.27. The quantitative estimate of drug-likeness (QED) is 0.698. The van der Waals surface area contributed by atoms with E-state index in [4.69, 9.17) is 4.74 Å². The van der Waals surface area contributed by atoms with Crippen molar-refractivity contribution in [3.05, 3.63) is 0 Å². The van der Waals surface area contributed by atoms with Gasteiger partial charge in [-0.15, -0.1) is 0 Å². The molecule has 1 fully saturated rings. The summed E-state index contributed by atoms with van der Waals surface area (Å²) < 4.78 is 5.34. The SMILES string of the molecule is CCCC(C#N)(CCC)N1CCOCC1. The number of hydrogen-bond donors (Lipinski definition) is 0. The van der Waals surface area contributed by atoms with Crippen LogP contribution < -0.4 is 0 Å². The molecule has 1 rings (SSSR count). The molecule has 0 aromatic rings. The van der Waals surface area contributed by atoms with Gasteiger partial charge in [-0.25, -0.2) is 0 Å². The summed E-state index contributed by atoms with van der Waals surface area (Å²) in [5.41, 5.74) is -0.229. The van der Waals surface area contributed by atoms with Crippen molar-refractivity contribution in [3.8, 4) is 6.07 Å². The van der Waals surface area contributed by atoms with Gasteiger partial charge >= 0.3 is 0 Å². The van der Waals surface area contributed by atoms with Gasteiger partial charge in [0.1, 0.15) is 5.54 Å². The minimum Gasteiger partial charge on any atom is -0.379 e. The minimum absolute atomic E-state index is 0.229. The Morgan fingerprint density at radius 2 is 1.73 bits per heavy atom. The van der Waals surface area contributed by atoms with Crippen LogP contribution in [0.3, 0.4) is 0 Å². The van der Waals surface area contributed by atoms with E-state index in [0.29, 0.717) is 0 Å². The molecule has 1 aliphatic rings. The van der Waals surface area contributed by atoms with Crippen LogP contribution in [0.15, 0.2) is 0 Å². The molecule has 0 aromatic carbocycles. The van der Waals surface area contributed by atoms with Crippen molar-refractivity contribution in [2.24, 2.45) is 0 Å². The van der Waals surface area contributed by atoms with Gasteiger partial charge in [-0.3, -0.25) is 4.90 Å². The molecule has 0 radical (unpaired) electrons. The van der Waals surface area contributed by atoms with Gasteiger partial charge in [-0.05, 0) is 12.8 Å². The van der Waals surface area contributed by atoms with E-state index in [0.717, 1.165) is 52.0 Å². The molecule has 0 spiro atoms. The molecular formula is C12H22N2O. The van der Waals surface area contributed by atoms with E-state index < -0.39 is 0 Å². The second kappa shape index (κ2) is 6.09. The molecule has 0 atom stereocenters. The van der Waals surface area contributed by atoms with E-state index in [1.54, 1.807) is 0 Å². The zero-order valence-electron chi connectivity index (χ0n) is 9.96. The van der Waals surface area contributed by atoms with Crippen LogP contribution >= 0.6 is 0 Å². The molecule has 0 aliphatic carbocycles. The molecule has 3 nitrogen and oxygen atoms in total. The molecular weight excluding hydrogens is 188 g/mol. The summed E-state index contributed by atoms with van der Waals surface area (Å²) in [6.07, 6.45) is 4.12. The minimum atomic E-state index is -0.229. The van der Waals surface area contributed by atoms with E-state index >= 15 is 0 Å². The molecule has 0 bridgehead atoms. The monoisotopic (exact) mass is 210 g/mol. The zero-order valence-corrected chi connectivity index (χ0v) is 9.96. The predicted octanol–water partition coefficient (Wildman–Crippen LogP) is 2.18. The molecule has 3 heteroatoms. The second-order valence-electron chi connectivity index (χ2n) is 4.24. The van der Waals surface area contributed by atoms with Crippen molar-refractivity contribution < 1.29 is 4.74 Å². The Morgan fingerprint density at radius 3 is 2.13 bits per heavy atom. The van der Waals surface area contributed by atoms with Gasteiger partial charge < -0.3 is 4.74 Å². The molecule has 0 aromatic heterocycles. The summed E-state index contributed by atoms with van der Waals surface area (Å²) in [4.78, 5) is 2.32. The first-order valence-corrected chi connectivity index (χ1v) is 6.03. The van der Waals surface area contributed by atoms with Crippen molar-refractivity contribution in [2.45, 2.75) is 45.1 Å². The predicted molar refractivity (Wildman–Crippen MR) is 60.6 cm³/mol. The van der Waals surface area contributed by atoms with Crippen LogP contribution in [-0.2, 0) is 4.74 Å². The van der Waals surface area contributed by atoms with E-state index in [9.17, 15) is 5.26 Å². The fourth-order valence-corrected chi connectivity index (χ4v) is 2.44. The fraction of sp³-hybridized carbons (Fsp3) is 0.917. The average Bonchev–Trinajstić information content (AvgIpc) is 2.30. The Morgan fingerprint density at radius 1 is 1.20 bits per heavy atom. The van der Waals surface area contributed by atoms with Crippen molar-refractivity contribution in [1.29, 1.82) is 5.26 Å². The maximum Gasteiger partial charge on any atom is 0.109 e. The number of morpholine rings is 1. The molecule has 1 aliphatic heterocycles. The first kappa shape index (κ1) is 12.5. The molecule has 15 heavy (non-hydrogen) atoms. The average molecular weight is 210 g/mol. The third-order valence-electron chi connectivity index (χ3n) is 3.15. The Bertz CT molecular complexity index is 210. The van der Waals surface area contributed by atoms with Gasteiger partial charge in [0.2, 0.25) is 0 Å². The maximum absolute atomic E-state index is 9.46. The van der Waals surface area contributed by atoms with Gasteiger partial charge in [0.25, 0.3) is 0 Å². The first-order chi connectivity index (χ1) is 7.29. The highest BCUT2D eigenvalue weighted by Gasteiger charge is 2.35. The number of ether oxygens (including phenoxy) is 1. The molecule has 1 saturated heterocycles. The number of rotatable bonds is 5. The van der Waals surface area contributed by atoms with Crippen LogP contribution in [0, 0.1) is 11.3 Å². The van der Waals surface area contributed by atoms with Crippen LogP contribution in [0.4, 0.5) is 0 Å². The lowest BCUT2D eigenvalue weighted by molar-refractivity contribution is -0.00926. The van der Waals surface area contributed by atoms with Gasteiger partial charge in [0.15, 0.2) is 0 Å². The standard InChI is InChI=1S/C12H22N2O/c1-3-5-12(11-13,6-4-2)14-7-9-15-10-8-14/h3-10H2,1-2H3. The Balaban J connectivity index is 2.71. The molecule has 86 valence electrons. The van der Waals surface area contributed by atoms with Crippen LogP contribution in [-0.4, -0.2) is 36.7 Å². The number of nitriles is 1. The molecule has 0 unspecified atom stereocenters. The van der Waals surface area contributed by atoms with Crippen LogP contribution in [0.1, 0.15) is 39.5 Å². The van der Waals surface area contributed by atoms with Gasteiger partial charge in [-0.1, -0.05) is 26.7 Å². The molecule has 0 saturated carbocycles. The zero-order chi connectivity index (χ0) is 11.1. The van der Waals surface area contributed by atoms with Crippen molar-refractivity contribution in [3.63, 3.8) is 0 Å². The Hall–Kier alpha value is -0.590. The van der Waals surface area contributed by atoms with Gasteiger partial charge in [0.05, 0.1) is 19.3 Å². The van der Waals surface area contributed by atoms with Crippen LogP contribution in [0.5, 0.6) is 0 Å². The maximum atomic E-state index is 9.46. The largest absolute Gasteiger partial charge is 0.379 e. The molecule has 0 N–H and O–H groups in total. The fourth-order valence-electron chi connectivity index (χ4n) is 2.44. The lowest BCUT2D eigenvalue weighted by Crippen LogP contribution is -2.52. The second-order valence-corrected chi connectivity index (χ2v) is 4.24. The van der Waals surface area contributed by atoms with E-state index in [-0.39, 0.29) is 5.54 Å². The molecule has 0 amide bonds. The highest BCUT2D eigenvalue weighted by atomic mass is 16.5. The summed E-state index contributed by atoms with van der Waals surface area (Å²) >= 11 is 0. The number of hydrogen-bond acceptors (Lipinski definition) is 3. The topological polar surface area (TPSA) is 36.3 Å². The van der Waals surface area contributed by atoms with Crippen molar-refractivity contribution in [2.75, 3.05) is 26.3 Å². The van der Waals surface area contributed by atoms with E-state index in [1.807, 2.05) is 0 Å². The van der Waals surface area contributed by atoms with Crippen molar-refractivity contribution >= 4 is 0 Å². The highest BCUT2D eigenvalue weighted by molar-refractivity contribution is 5.08. The Kier molecular flexibility index (Phi) is 5.07. The smallest absolute Gasteiger partial charge is 0.109 e. The van der Waals surface area contributed by atoms with Crippen LogP contribution in [0.2, 0.25) is 0 Å². The Labute approximate surface area is 93.0 Å². The number of nitrogens with zero attached hydrogens (tertiary/aromatic N) is 2. The first-order valence-electron chi connectivity index (χ1n) is 6.03. The summed E-state index contributed by atoms with van der Waals surface area (Å²) in [6.45, 7) is 7.68. The third-order valence-corrected chi connectivity index (χ3v) is 3.15. The van der Waals surface area contributed by atoms with E-state index in [1.165, 1.54) is 0 Å². The molecule has 1 heterocycles. The summed E-state index contributed by atoms with van der Waals surface area (Å²) in [5.74, 6) is 0. The van der Waals surface area contributed by atoms with Gasteiger partial charge in [0, 0.05) is 13.1 Å². The lowest BCUT2D eigenvalue weighted by atomic mass is 9.88. The summed E-state index contributed by atoms with van der Waals surface area (Å²) in [5, 5.41) is 9.46. The van der Waals surface area contributed by atoms with E-state index in [2.05, 4.69) is 24.8 Å².